The lowest BCUT2D eigenvalue weighted by atomic mass is 10.1. The number of aryl methyl sites for hydroxylation is 2. The zero-order valence-electron chi connectivity index (χ0n) is 12.6. The van der Waals surface area contributed by atoms with Gasteiger partial charge in [-0.1, -0.05) is 44.2 Å². The Kier molecular flexibility index (Phi) is 6.60. The van der Waals surface area contributed by atoms with Gasteiger partial charge < -0.3 is 5.11 Å². The lowest BCUT2D eigenvalue weighted by molar-refractivity contribution is 0.282. The molecule has 2 aromatic carbocycles. The fourth-order valence-electron chi connectivity index (χ4n) is 1.71. The van der Waals surface area contributed by atoms with Crippen LogP contribution in [0.15, 0.2) is 52.7 Å². The van der Waals surface area contributed by atoms with E-state index in [2.05, 4.69) is 10.2 Å². The number of rotatable bonds is 3. The molecule has 0 fully saturated rings. The molecule has 0 amide bonds. The molecule has 0 saturated heterocycles. The first-order valence-electron chi connectivity index (χ1n) is 6.88. The van der Waals surface area contributed by atoms with Crippen molar-refractivity contribution in [3.63, 3.8) is 0 Å². The van der Waals surface area contributed by atoms with Crippen molar-refractivity contribution in [2.45, 2.75) is 34.3 Å². The average Bonchev–Trinajstić information content (AvgIpc) is 2.49. The zero-order valence-corrected chi connectivity index (χ0v) is 12.6. The minimum atomic E-state index is 0.0516. The summed E-state index contributed by atoms with van der Waals surface area (Å²) in [6, 6.07) is 13.5. The fourth-order valence-corrected chi connectivity index (χ4v) is 1.71. The Morgan fingerprint density at radius 1 is 0.850 bits per heavy atom. The highest BCUT2D eigenvalue weighted by atomic mass is 16.3. The number of aliphatic hydroxyl groups excluding tert-OH is 1. The van der Waals surface area contributed by atoms with Gasteiger partial charge in [0.05, 0.1) is 18.0 Å². The Morgan fingerprint density at radius 2 is 1.45 bits per heavy atom. The number of aliphatic hydroxyl groups is 1. The van der Waals surface area contributed by atoms with Gasteiger partial charge in [0.25, 0.3) is 0 Å². The smallest absolute Gasteiger partial charge is 0.0886 e. The fraction of sp³-hybridized carbons (Fsp3) is 0.294. The van der Waals surface area contributed by atoms with Crippen molar-refractivity contribution in [2.24, 2.45) is 10.2 Å². The third-order valence-electron chi connectivity index (χ3n) is 2.82. The average molecular weight is 270 g/mol. The molecule has 2 rings (SSSR count). The van der Waals surface area contributed by atoms with Crippen LogP contribution in [0.5, 0.6) is 0 Å². The van der Waals surface area contributed by atoms with Gasteiger partial charge in [0.15, 0.2) is 0 Å². The van der Waals surface area contributed by atoms with E-state index < -0.39 is 0 Å². The molecule has 106 valence electrons. The highest BCUT2D eigenvalue weighted by molar-refractivity contribution is 5.49. The van der Waals surface area contributed by atoms with Crippen LogP contribution >= 0.6 is 0 Å². The van der Waals surface area contributed by atoms with Crippen molar-refractivity contribution in [3.8, 4) is 0 Å². The molecule has 1 N–H and O–H groups in total. The topological polar surface area (TPSA) is 45.0 Å². The van der Waals surface area contributed by atoms with Crippen molar-refractivity contribution in [3.05, 3.63) is 59.2 Å². The first-order valence-corrected chi connectivity index (χ1v) is 6.88. The molecule has 0 bridgehead atoms. The van der Waals surface area contributed by atoms with Crippen LogP contribution in [0.25, 0.3) is 0 Å². The molecule has 3 nitrogen and oxygen atoms in total. The maximum absolute atomic E-state index is 9.04. The molecule has 2 aromatic rings. The summed E-state index contributed by atoms with van der Waals surface area (Å²) in [6.45, 7) is 8.03. The lowest BCUT2D eigenvalue weighted by Crippen LogP contribution is -1.83. The van der Waals surface area contributed by atoms with E-state index in [0.29, 0.717) is 0 Å². The Bertz CT molecular complexity index is 577. The Morgan fingerprint density at radius 3 is 2.00 bits per heavy atom. The summed E-state index contributed by atoms with van der Waals surface area (Å²) in [4.78, 5) is 0. The van der Waals surface area contributed by atoms with E-state index in [1.165, 1.54) is 0 Å². The van der Waals surface area contributed by atoms with Crippen LogP contribution in [0.1, 0.15) is 30.5 Å². The molecular formula is C17H22N2O. The second kappa shape index (κ2) is 8.23. The predicted octanol–water partition coefficient (Wildman–Crippen LogP) is 5.24. The van der Waals surface area contributed by atoms with Crippen molar-refractivity contribution in [1.29, 1.82) is 0 Å². The van der Waals surface area contributed by atoms with Crippen LogP contribution in [0.4, 0.5) is 11.4 Å². The Labute approximate surface area is 121 Å². The molecule has 0 aromatic heterocycles. The second-order valence-corrected chi connectivity index (χ2v) is 4.27. The number of hydrogen-bond donors (Lipinski definition) is 1. The summed E-state index contributed by atoms with van der Waals surface area (Å²) in [6.07, 6.45) is 0. The minimum Gasteiger partial charge on any atom is -0.392 e. The SMILES string of the molecule is CC.Cc1ccccc1N=Nc1ccc(CO)cc1C. The van der Waals surface area contributed by atoms with Crippen molar-refractivity contribution in [2.75, 3.05) is 0 Å². The van der Waals surface area contributed by atoms with Gasteiger partial charge in [-0.25, -0.2) is 0 Å². The predicted molar refractivity (Wildman–Crippen MR) is 83.8 cm³/mol. The number of nitrogens with zero attached hydrogens (tertiary/aromatic N) is 2. The molecule has 20 heavy (non-hydrogen) atoms. The van der Waals surface area contributed by atoms with E-state index in [1.54, 1.807) is 0 Å². The first-order chi connectivity index (χ1) is 9.70. The van der Waals surface area contributed by atoms with Gasteiger partial charge in [0.2, 0.25) is 0 Å². The molecule has 0 heterocycles. The summed E-state index contributed by atoms with van der Waals surface area (Å²) in [5.74, 6) is 0. The normalized spacial score (nSPS) is 10.2. The number of azo groups is 1. The molecule has 0 aliphatic heterocycles. The molecule has 0 radical (unpaired) electrons. The first kappa shape index (κ1) is 16.1. The molecule has 0 atom stereocenters. The molecule has 0 aliphatic rings. The van der Waals surface area contributed by atoms with E-state index in [4.69, 9.17) is 5.11 Å². The van der Waals surface area contributed by atoms with Crippen molar-refractivity contribution in [1.82, 2.24) is 0 Å². The Balaban J connectivity index is 0.000000956. The van der Waals surface area contributed by atoms with E-state index in [0.717, 1.165) is 28.1 Å². The van der Waals surface area contributed by atoms with Gasteiger partial charge in [0, 0.05) is 0 Å². The zero-order chi connectivity index (χ0) is 15.0. The van der Waals surface area contributed by atoms with Gasteiger partial charge in [-0.05, 0) is 42.7 Å². The third kappa shape index (κ3) is 4.28. The van der Waals surface area contributed by atoms with Crippen molar-refractivity contribution < 1.29 is 5.11 Å². The van der Waals surface area contributed by atoms with Crippen LogP contribution in [0.3, 0.4) is 0 Å². The standard InChI is InChI=1S/C15H16N2O.C2H6/c1-11-5-3-4-6-14(11)16-17-15-8-7-13(10-18)9-12(15)2;1-2/h3-9,18H,10H2,1-2H3;1-2H3. The summed E-state index contributed by atoms with van der Waals surface area (Å²) < 4.78 is 0. The summed E-state index contributed by atoms with van der Waals surface area (Å²) in [7, 11) is 0. The molecule has 0 unspecified atom stereocenters. The van der Waals surface area contributed by atoms with Gasteiger partial charge in [-0.2, -0.15) is 10.2 Å². The van der Waals surface area contributed by atoms with Crippen LogP contribution in [0.2, 0.25) is 0 Å². The second-order valence-electron chi connectivity index (χ2n) is 4.27. The maximum atomic E-state index is 9.04. The molecule has 0 aliphatic carbocycles. The maximum Gasteiger partial charge on any atom is 0.0886 e. The summed E-state index contributed by atoms with van der Waals surface area (Å²) in [5.41, 5.74) is 4.71. The monoisotopic (exact) mass is 270 g/mol. The van der Waals surface area contributed by atoms with Gasteiger partial charge in [0.1, 0.15) is 0 Å². The van der Waals surface area contributed by atoms with E-state index >= 15 is 0 Å². The van der Waals surface area contributed by atoms with Gasteiger partial charge in [-0.3, -0.25) is 0 Å². The molecular weight excluding hydrogens is 248 g/mol. The van der Waals surface area contributed by atoms with Crippen LogP contribution in [0, 0.1) is 13.8 Å². The number of benzene rings is 2. The van der Waals surface area contributed by atoms with Crippen LogP contribution < -0.4 is 0 Å². The van der Waals surface area contributed by atoms with Gasteiger partial charge in [-0.15, -0.1) is 0 Å². The van der Waals surface area contributed by atoms with Crippen LogP contribution in [-0.2, 0) is 6.61 Å². The molecule has 0 spiro atoms. The van der Waals surface area contributed by atoms with Crippen LogP contribution in [-0.4, -0.2) is 5.11 Å². The minimum absolute atomic E-state index is 0.0516. The number of hydrogen-bond acceptors (Lipinski definition) is 3. The van der Waals surface area contributed by atoms with E-state index in [1.807, 2.05) is 70.2 Å². The quantitative estimate of drug-likeness (QED) is 0.762. The highest BCUT2D eigenvalue weighted by Crippen LogP contribution is 2.24. The summed E-state index contributed by atoms with van der Waals surface area (Å²) in [5, 5.41) is 17.6. The molecule has 0 saturated carbocycles. The van der Waals surface area contributed by atoms with Gasteiger partial charge >= 0.3 is 0 Å². The lowest BCUT2D eigenvalue weighted by Gasteiger charge is -2.02. The van der Waals surface area contributed by atoms with E-state index in [-0.39, 0.29) is 6.61 Å². The highest BCUT2D eigenvalue weighted by Gasteiger charge is 1.99. The van der Waals surface area contributed by atoms with Crippen molar-refractivity contribution >= 4 is 11.4 Å². The Hall–Kier alpha value is -2.00. The van der Waals surface area contributed by atoms with E-state index in [9.17, 15) is 0 Å². The largest absolute Gasteiger partial charge is 0.392 e. The molecule has 3 heteroatoms. The third-order valence-corrected chi connectivity index (χ3v) is 2.82. The summed E-state index contributed by atoms with van der Waals surface area (Å²) >= 11 is 0.